The third-order valence-corrected chi connectivity index (χ3v) is 7.11. The van der Waals surface area contributed by atoms with Crippen LogP contribution in [-0.2, 0) is 19.1 Å². The number of hydrogen-bond donors (Lipinski definition) is 1. The molecule has 1 aromatic carbocycles. The molecule has 0 radical (unpaired) electrons. The second kappa shape index (κ2) is 24.7. The smallest absolute Gasteiger partial charge is 0.345 e. The van der Waals surface area contributed by atoms with Crippen molar-refractivity contribution in [1.82, 2.24) is 0 Å². The fraction of sp³-hybridized carbons (Fsp3) is 0.706. The summed E-state index contributed by atoms with van der Waals surface area (Å²) in [6, 6.07) is 6.35. The zero-order valence-corrected chi connectivity index (χ0v) is 25.0. The molecule has 0 bridgehead atoms. The number of phenolic OH excluding ortho intramolecular Hbond substituents is 1. The summed E-state index contributed by atoms with van der Waals surface area (Å²) in [7, 11) is 0. The van der Waals surface area contributed by atoms with Gasteiger partial charge in [-0.3, -0.25) is 0 Å². The molecule has 0 unspecified atom stereocenters. The Bertz CT molecular complexity index is 728. The van der Waals surface area contributed by atoms with Gasteiger partial charge in [-0.25, -0.2) is 9.59 Å². The number of benzene rings is 1. The lowest BCUT2D eigenvalue weighted by Crippen LogP contribution is -2.19. The molecule has 0 fully saturated rings. The van der Waals surface area contributed by atoms with E-state index in [9.17, 15) is 14.7 Å². The lowest BCUT2D eigenvalue weighted by atomic mass is 10.1. The number of carbonyl (C=O) groups is 2. The minimum absolute atomic E-state index is 0.0974. The van der Waals surface area contributed by atoms with Crippen LogP contribution in [-0.4, -0.2) is 30.3 Å². The van der Waals surface area contributed by atoms with Crippen molar-refractivity contribution in [2.75, 3.05) is 13.2 Å². The fourth-order valence-electron chi connectivity index (χ4n) is 4.60. The Morgan fingerprint density at radius 1 is 0.564 bits per heavy atom. The summed E-state index contributed by atoms with van der Waals surface area (Å²) in [6.45, 7) is 5.07. The molecule has 0 aliphatic carbocycles. The van der Waals surface area contributed by atoms with Gasteiger partial charge < -0.3 is 14.6 Å². The molecule has 5 nitrogen and oxygen atoms in total. The van der Waals surface area contributed by atoms with Crippen LogP contribution in [0, 0.1) is 0 Å². The minimum Gasteiger partial charge on any atom is -0.508 e. The van der Waals surface area contributed by atoms with Crippen molar-refractivity contribution in [2.45, 2.75) is 142 Å². The van der Waals surface area contributed by atoms with Crippen LogP contribution in [0.2, 0.25) is 0 Å². The van der Waals surface area contributed by atoms with Gasteiger partial charge in [-0.2, -0.15) is 0 Å². The molecule has 0 atom stereocenters. The molecule has 1 aromatic rings. The number of hydrogen-bond acceptors (Lipinski definition) is 5. The summed E-state index contributed by atoms with van der Waals surface area (Å²) in [4.78, 5) is 25.6. The van der Waals surface area contributed by atoms with Gasteiger partial charge in [0.25, 0.3) is 0 Å². The third kappa shape index (κ3) is 19.4. The van der Waals surface area contributed by atoms with E-state index in [4.69, 9.17) is 9.47 Å². The van der Waals surface area contributed by atoms with Crippen molar-refractivity contribution < 1.29 is 24.2 Å². The van der Waals surface area contributed by atoms with Crippen molar-refractivity contribution in [3.8, 4) is 5.75 Å². The predicted octanol–water partition coefficient (Wildman–Crippen LogP) is 9.70. The fourth-order valence-corrected chi connectivity index (χ4v) is 4.60. The Hall–Kier alpha value is -2.30. The highest BCUT2D eigenvalue weighted by atomic mass is 16.6. The molecular formula is C34H56O5. The number of unbranched alkanes of at least 4 members (excludes halogenated alkanes) is 18. The summed E-state index contributed by atoms with van der Waals surface area (Å²) in [5, 5.41) is 9.54. The van der Waals surface area contributed by atoms with E-state index in [0.29, 0.717) is 18.8 Å². The second-order valence-electron chi connectivity index (χ2n) is 10.8. The predicted molar refractivity (Wildman–Crippen MR) is 162 cm³/mol. The van der Waals surface area contributed by atoms with E-state index in [2.05, 4.69) is 13.8 Å². The molecule has 0 aliphatic rings. The molecule has 0 amide bonds. The monoisotopic (exact) mass is 544 g/mol. The zero-order chi connectivity index (χ0) is 28.4. The maximum atomic E-state index is 12.8. The first-order valence-corrected chi connectivity index (χ1v) is 15.9. The lowest BCUT2D eigenvalue weighted by Gasteiger charge is -2.10. The van der Waals surface area contributed by atoms with Crippen LogP contribution in [0.5, 0.6) is 5.75 Å². The molecule has 0 saturated heterocycles. The van der Waals surface area contributed by atoms with Crippen LogP contribution in [0.4, 0.5) is 0 Å². The van der Waals surface area contributed by atoms with Gasteiger partial charge >= 0.3 is 11.9 Å². The Balaban J connectivity index is 2.36. The van der Waals surface area contributed by atoms with Crippen LogP contribution in [0.15, 0.2) is 29.8 Å². The molecule has 0 spiro atoms. The van der Waals surface area contributed by atoms with Gasteiger partial charge in [-0.05, 0) is 36.6 Å². The van der Waals surface area contributed by atoms with E-state index in [-0.39, 0.29) is 11.3 Å². The van der Waals surface area contributed by atoms with E-state index in [1.54, 1.807) is 12.1 Å². The molecular weight excluding hydrogens is 488 g/mol. The summed E-state index contributed by atoms with van der Waals surface area (Å²) in [6.07, 6.45) is 25.6. The highest BCUT2D eigenvalue weighted by Gasteiger charge is 2.21. The van der Waals surface area contributed by atoms with E-state index in [0.717, 1.165) is 38.5 Å². The van der Waals surface area contributed by atoms with Crippen molar-refractivity contribution in [1.29, 1.82) is 0 Å². The molecule has 0 heterocycles. The number of rotatable bonds is 25. The van der Waals surface area contributed by atoms with Gasteiger partial charge in [-0.15, -0.1) is 0 Å². The average molecular weight is 545 g/mol. The number of ether oxygens (including phenoxy) is 2. The molecule has 0 saturated carbocycles. The zero-order valence-electron chi connectivity index (χ0n) is 25.0. The van der Waals surface area contributed by atoms with Gasteiger partial charge in [-0.1, -0.05) is 142 Å². The van der Waals surface area contributed by atoms with Crippen molar-refractivity contribution in [2.24, 2.45) is 0 Å². The number of aromatic hydroxyl groups is 1. The lowest BCUT2D eigenvalue weighted by molar-refractivity contribution is -0.147. The van der Waals surface area contributed by atoms with E-state index in [1.807, 2.05) is 0 Å². The molecule has 0 aliphatic heterocycles. The SMILES string of the molecule is CCCCCCCCCCCCOC(=O)C(=Cc1ccc(O)cc1)C(=O)OCCCCCCCCCCCC. The number of carbonyl (C=O) groups excluding carboxylic acids is 2. The third-order valence-electron chi connectivity index (χ3n) is 7.11. The Morgan fingerprint density at radius 3 is 1.26 bits per heavy atom. The summed E-state index contributed by atoms with van der Waals surface area (Å²) in [5.74, 6) is -1.17. The largest absolute Gasteiger partial charge is 0.508 e. The van der Waals surface area contributed by atoms with Gasteiger partial charge in [0, 0.05) is 0 Å². The average Bonchev–Trinajstić information content (AvgIpc) is 2.94. The molecule has 222 valence electrons. The minimum atomic E-state index is -0.646. The molecule has 5 heteroatoms. The Labute approximate surface area is 238 Å². The van der Waals surface area contributed by atoms with E-state index in [1.165, 1.54) is 108 Å². The molecule has 0 aromatic heterocycles. The van der Waals surface area contributed by atoms with Crippen LogP contribution >= 0.6 is 0 Å². The summed E-state index contributed by atoms with van der Waals surface area (Å²) in [5.41, 5.74) is 0.537. The second-order valence-corrected chi connectivity index (χ2v) is 10.8. The number of phenols is 1. The Kier molecular flexibility index (Phi) is 22.0. The van der Waals surface area contributed by atoms with Crippen molar-refractivity contribution >= 4 is 18.0 Å². The molecule has 39 heavy (non-hydrogen) atoms. The van der Waals surface area contributed by atoms with Crippen molar-refractivity contribution in [3.63, 3.8) is 0 Å². The van der Waals surface area contributed by atoms with Gasteiger partial charge in [0.2, 0.25) is 0 Å². The van der Waals surface area contributed by atoms with Crippen molar-refractivity contribution in [3.05, 3.63) is 35.4 Å². The Morgan fingerprint density at radius 2 is 0.897 bits per heavy atom. The topological polar surface area (TPSA) is 72.8 Å². The normalized spacial score (nSPS) is 10.8. The van der Waals surface area contributed by atoms with E-state index >= 15 is 0 Å². The maximum absolute atomic E-state index is 12.8. The van der Waals surface area contributed by atoms with Gasteiger partial charge in [0.1, 0.15) is 11.3 Å². The van der Waals surface area contributed by atoms with Gasteiger partial charge in [0.15, 0.2) is 0 Å². The van der Waals surface area contributed by atoms with E-state index < -0.39 is 11.9 Å². The van der Waals surface area contributed by atoms with Gasteiger partial charge in [0.05, 0.1) is 13.2 Å². The first-order chi connectivity index (χ1) is 19.1. The highest BCUT2D eigenvalue weighted by molar-refractivity contribution is 6.17. The van der Waals surface area contributed by atoms with Crippen LogP contribution < -0.4 is 0 Å². The first kappa shape index (κ1) is 34.7. The molecule has 1 N–H and O–H groups in total. The highest BCUT2D eigenvalue weighted by Crippen LogP contribution is 2.16. The summed E-state index contributed by atoms with van der Waals surface area (Å²) < 4.78 is 10.9. The summed E-state index contributed by atoms with van der Waals surface area (Å²) >= 11 is 0. The molecule has 1 rings (SSSR count). The standard InChI is InChI=1S/C34H56O5/c1-3-5-7-9-11-13-15-17-19-21-27-38-33(36)32(29-30-23-25-31(35)26-24-30)34(37)39-28-22-20-18-16-14-12-10-8-6-4-2/h23-26,29,35H,3-22,27-28H2,1-2H3. The quantitative estimate of drug-likeness (QED) is 0.0436. The maximum Gasteiger partial charge on any atom is 0.345 e. The van der Waals surface area contributed by atoms with Crippen LogP contribution in [0.1, 0.15) is 148 Å². The first-order valence-electron chi connectivity index (χ1n) is 15.9. The van der Waals surface area contributed by atoms with Crippen LogP contribution in [0.3, 0.4) is 0 Å². The van der Waals surface area contributed by atoms with Crippen LogP contribution in [0.25, 0.3) is 6.08 Å². The number of esters is 2.